The third-order valence-corrected chi connectivity index (χ3v) is 7.00. The molecule has 33 heavy (non-hydrogen) atoms. The number of fused-ring (bicyclic) bond motifs is 4. The average molecular weight is 441 g/mol. The van der Waals surface area contributed by atoms with Gasteiger partial charge in [0.05, 0.1) is 12.6 Å². The predicted molar refractivity (Wildman–Crippen MR) is 127 cm³/mol. The van der Waals surface area contributed by atoms with Crippen molar-refractivity contribution in [1.82, 2.24) is 9.80 Å². The molecule has 1 fully saturated rings. The highest BCUT2D eigenvalue weighted by atomic mass is 16.6. The van der Waals surface area contributed by atoms with Crippen LogP contribution in [0, 0.1) is 0 Å². The molecule has 0 spiro atoms. The Morgan fingerprint density at radius 1 is 0.848 bits per heavy atom. The van der Waals surface area contributed by atoms with E-state index in [1.165, 1.54) is 22.3 Å². The van der Waals surface area contributed by atoms with Crippen LogP contribution in [0.5, 0.6) is 11.5 Å². The monoisotopic (exact) mass is 440 g/mol. The Bertz CT molecular complexity index is 1140. The van der Waals surface area contributed by atoms with Gasteiger partial charge in [0.1, 0.15) is 13.2 Å². The maximum atomic E-state index is 13.6. The summed E-state index contributed by atoms with van der Waals surface area (Å²) in [6, 6.07) is 23.3. The second-order valence-corrected chi connectivity index (χ2v) is 9.11. The lowest BCUT2D eigenvalue weighted by molar-refractivity contribution is -0.133. The molecule has 5 nitrogen and oxygen atoms in total. The Labute approximate surface area is 194 Å². The topological polar surface area (TPSA) is 42.0 Å². The molecular formula is C28H28N2O3. The fraction of sp³-hybridized carbons (Fsp3) is 0.321. The summed E-state index contributed by atoms with van der Waals surface area (Å²) >= 11 is 0. The number of amides is 1. The molecule has 168 valence electrons. The number of nitrogens with zero attached hydrogens (tertiary/aromatic N) is 2. The first-order valence-electron chi connectivity index (χ1n) is 11.8. The summed E-state index contributed by atoms with van der Waals surface area (Å²) in [4.78, 5) is 17.9. The van der Waals surface area contributed by atoms with E-state index < -0.39 is 0 Å². The minimum atomic E-state index is 0.0971. The molecule has 1 saturated heterocycles. The number of likely N-dealkylation sites (tertiary alicyclic amines) is 1. The zero-order chi connectivity index (χ0) is 22.2. The van der Waals surface area contributed by atoms with E-state index in [-0.39, 0.29) is 11.9 Å². The summed E-state index contributed by atoms with van der Waals surface area (Å²) in [5.74, 6) is 1.78. The van der Waals surface area contributed by atoms with Gasteiger partial charge in [-0.3, -0.25) is 9.69 Å². The number of carbonyl (C=O) groups excluding carboxylic acids is 1. The van der Waals surface area contributed by atoms with E-state index in [0.29, 0.717) is 19.8 Å². The van der Waals surface area contributed by atoms with Crippen molar-refractivity contribution in [3.8, 4) is 22.6 Å². The fourth-order valence-electron chi connectivity index (χ4n) is 5.45. The van der Waals surface area contributed by atoms with Crippen LogP contribution >= 0.6 is 0 Å². The first-order chi connectivity index (χ1) is 16.3. The summed E-state index contributed by atoms with van der Waals surface area (Å²) < 4.78 is 11.5. The van der Waals surface area contributed by atoms with Crippen molar-refractivity contribution in [2.45, 2.75) is 32.0 Å². The highest BCUT2D eigenvalue weighted by Crippen LogP contribution is 2.38. The molecule has 0 aliphatic carbocycles. The largest absolute Gasteiger partial charge is 0.486 e. The van der Waals surface area contributed by atoms with E-state index in [1.54, 1.807) is 0 Å². The van der Waals surface area contributed by atoms with Crippen LogP contribution in [-0.4, -0.2) is 42.0 Å². The molecule has 3 aromatic rings. The molecule has 5 heteroatoms. The van der Waals surface area contributed by atoms with Gasteiger partial charge in [-0.1, -0.05) is 54.6 Å². The van der Waals surface area contributed by atoms with Crippen molar-refractivity contribution in [3.63, 3.8) is 0 Å². The minimum absolute atomic E-state index is 0.0971. The minimum Gasteiger partial charge on any atom is -0.486 e. The second-order valence-electron chi connectivity index (χ2n) is 9.11. The molecule has 6 rings (SSSR count). The third-order valence-electron chi connectivity index (χ3n) is 7.00. The van der Waals surface area contributed by atoms with Gasteiger partial charge in [0, 0.05) is 19.6 Å². The van der Waals surface area contributed by atoms with E-state index in [4.69, 9.17) is 9.47 Å². The van der Waals surface area contributed by atoms with E-state index in [1.807, 2.05) is 6.07 Å². The van der Waals surface area contributed by atoms with Crippen LogP contribution in [-0.2, 0) is 17.9 Å². The molecule has 0 radical (unpaired) electrons. The highest BCUT2D eigenvalue weighted by Gasteiger charge is 2.32. The van der Waals surface area contributed by atoms with Crippen molar-refractivity contribution in [2.75, 3.05) is 26.3 Å². The average Bonchev–Trinajstić information content (AvgIpc) is 3.29. The molecule has 0 saturated carbocycles. The first-order valence-corrected chi connectivity index (χ1v) is 11.8. The van der Waals surface area contributed by atoms with Crippen LogP contribution in [0.4, 0.5) is 0 Å². The molecule has 3 aliphatic heterocycles. The second kappa shape index (κ2) is 8.56. The van der Waals surface area contributed by atoms with Crippen LogP contribution < -0.4 is 9.47 Å². The molecule has 3 heterocycles. The van der Waals surface area contributed by atoms with E-state index in [2.05, 4.69) is 70.5 Å². The number of carbonyl (C=O) groups is 1. The SMILES string of the molecule is O=C(CN1Cc2ccccc2-c2ccccc2C1)N1CCCC1c1ccc2c(c1)OCCO2. The van der Waals surface area contributed by atoms with Crippen molar-refractivity contribution < 1.29 is 14.3 Å². The van der Waals surface area contributed by atoms with Gasteiger partial charge in [0.2, 0.25) is 5.91 Å². The zero-order valence-corrected chi connectivity index (χ0v) is 18.7. The standard InChI is InChI=1S/C28H28N2O3/c31-28(30-13-5-10-25(30)20-11-12-26-27(16-20)33-15-14-32-26)19-29-17-21-6-1-3-8-23(21)24-9-4-2-7-22(24)18-29/h1-4,6-9,11-12,16,25H,5,10,13-15,17-19H2. The lowest BCUT2D eigenvalue weighted by Crippen LogP contribution is -2.39. The summed E-state index contributed by atoms with van der Waals surface area (Å²) in [6.45, 7) is 3.94. The van der Waals surface area contributed by atoms with Gasteiger partial charge in [-0.05, 0) is 52.8 Å². The summed E-state index contributed by atoms with van der Waals surface area (Å²) in [5, 5.41) is 0. The van der Waals surface area contributed by atoms with Crippen molar-refractivity contribution >= 4 is 5.91 Å². The predicted octanol–water partition coefficient (Wildman–Crippen LogP) is 4.80. The summed E-state index contributed by atoms with van der Waals surface area (Å²) in [5.41, 5.74) is 6.24. The lowest BCUT2D eigenvalue weighted by Gasteiger charge is -2.29. The van der Waals surface area contributed by atoms with Gasteiger partial charge in [0.15, 0.2) is 11.5 Å². The highest BCUT2D eigenvalue weighted by molar-refractivity contribution is 5.79. The van der Waals surface area contributed by atoms with Gasteiger partial charge in [-0.15, -0.1) is 0 Å². The summed E-state index contributed by atoms with van der Waals surface area (Å²) in [6.07, 6.45) is 2.01. The van der Waals surface area contributed by atoms with E-state index >= 15 is 0 Å². The maximum Gasteiger partial charge on any atom is 0.237 e. The Kier molecular flexibility index (Phi) is 5.27. The molecule has 3 aromatic carbocycles. The molecule has 0 N–H and O–H groups in total. The van der Waals surface area contributed by atoms with E-state index in [9.17, 15) is 4.79 Å². The smallest absolute Gasteiger partial charge is 0.237 e. The Balaban J connectivity index is 1.23. The normalized spacial score (nSPS) is 19.5. The van der Waals surface area contributed by atoms with Gasteiger partial charge in [0.25, 0.3) is 0 Å². The quantitative estimate of drug-likeness (QED) is 0.587. The molecule has 3 aliphatic rings. The van der Waals surface area contributed by atoms with Crippen molar-refractivity contribution in [2.24, 2.45) is 0 Å². The molecule has 0 bridgehead atoms. The number of ether oxygens (including phenoxy) is 2. The Morgan fingerprint density at radius 2 is 1.52 bits per heavy atom. The molecule has 1 amide bonds. The summed E-state index contributed by atoms with van der Waals surface area (Å²) in [7, 11) is 0. The van der Waals surface area contributed by atoms with Crippen molar-refractivity contribution in [1.29, 1.82) is 0 Å². The van der Waals surface area contributed by atoms with E-state index in [0.717, 1.165) is 49.5 Å². The van der Waals surface area contributed by atoms with Crippen LogP contribution in [0.25, 0.3) is 11.1 Å². The first kappa shape index (κ1) is 20.3. The van der Waals surface area contributed by atoms with Crippen molar-refractivity contribution in [3.05, 3.63) is 83.4 Å². The Hall–Kier alpha value is -3.31. The van der Waals surface area contributed by atoms with Crippen LogP contribution in [0.3, 0.4) is 0 Å². The number of hydrogen-bond acceptors (Lipinski definition) is 4. The lowest BCUT2D eigenvalue weighted by atomic mass is 9.97. The molecule has 0 aromatic heterocycles. The number of hydrogen-bond donors (Lipinski definition) is 0. The zero-order valence-electron chi connectivity index (χ0n) is 18.7. The maximum absolute atomic E-state index is 13.6. The van der Waals surface area contributed by atoms with Gasteiger partial charge < -0.3 is 14.4 Å². The Morgan fingerprint density at radius 3 is 2.24 bits per heavy atom. The number of benzene rings is 3. The van der Waals surface area contributed by atoms with Crippen LogP contribution in [0.2, 0.25) is 0 Å². The molecule has 1 unspecified atom stereocenters. The van der Waals surface area contributed by atoms with Gasteiger partial charge in [-0.25, -0.2) is 0 Å². The number of rotatable bonds is 3. The molecule has 1 atom stereocenters. The van der Waals surface area contributed by atoms with Crippen LogP contribution in [0.1, 0.15) is 35.6 Å². The third kappa shape index (κ3) is 3.87. The molecular weight excluding hydrogens is 412 g/mol. The fourth-order valence-corrected chi connectivity index (χ4v) is 5.45. The van der Waals surface area contributed by atoms with Gasteiger partial charge >= 0.3 is 0 Å². The van der Waals surface area contributed by atoms with Crippen LogP contribution in [0.15, 0.2) is 66.7 Å². The van der Waals surface area contributed by atoms with Gasteiger partial charge in [-0.2, -0.15) is 0 Å².